The van der Waals surface area contributed by atoms with E-state index in [9.17, 15) is 19.7 Å². The third-order valence-electron chi connectivity index (χ3n) is 3.16. The third-order valence-corrected chi connectivity index (χ3v) is 3.16. The van der Waals surface area contributed by atoms with E-state index in [1.165, 1.54) is 23.1 Å². The van der Waals surface area contributed by atoms with Crippen LogP contribution < -0.4 is 20.7 Å². The number of ether oxygens (including phenoxy) is 1. The van der Waals surface area contributed by atoms with E-state index in [2.05, 4.69) is 5.32 Å². The van der Waals surface area contributed by atoms with Crippen molar-refractivity contribution in [2.24, 2.45) is 5.73 Å². The Morgan fingerprint density at radius 2 is 2.26 bits per heavy atom. The molecule has 2 rings (SSSR count). The molecule has 0 spiro atoms. The van der Waals surface area contributed by atoms with Crippen molar-refractivity contribution < 1.29 is 19.2 Å². The van der Waals surface area contributed by atoms with Crippen molar-refractivity contribution in [3.05, 3.63) is 28.3 Å². The number of non-ortho nitro benzene ring substituents is 1. The highest BCUT2D eigenvalue weighted by Gasteiger charge is 2.29. The van der Waals surface area contributed by atoms with E-state index in [0.29, 0.717) is 5.75 Å². The summed E-state index contributed by atoms with van der Waals surface area (Å²) in [6, 6.07) is 3.68. The first-order chi connectivity index (χ1) is 10.4. The van der Waals surface area contributed by atoms with Gasteiger partial charge < -0.3 is 15.8 Å². The number of carbonyl (C=O) groups is 2. The van der Waals surface area contributed by atoms with Crippen LogP contribution in [0.3, 0.4) is 0 Å². The Morgan fingerprint density at radius 1 is 1.57 bits per heavy atom. The number of nitro groups is 1. The SMILES string of the molecule is C[C@@H](CN)NC(=O)CN1C(=O)COc2ccc([N+](=O)[O-])cc21.Cl. The van der Waals surface area contributed by atoms with Gasteiger partial charge in [0.2, 0.25) is 5.91 Å². The Balaban J connectivity index is 0.00000264. The van der Waals surface area contributed by atoms with Crippen molar-refractivity contribution in [3.8, 4) is 5.75 Å². The maximum atomic E-state index is 12.0. The van der Waals surface area contributed by atoms with Crippen molar-refractivity contribution in [2.75, 3.05) is 24.6 Å². The Bertz CT molecular complexity index is 624. The Hall–Kier alpha value is -2.39. The van der Waals surface area contributed by atoms with Crippen LogP contribution in [0.5, 0.6) is 5.75 Å². The van der Waals surface area contributed by atoms with Gasteiger partial charge in [-0.05, 0) is 13.0 Å². The first-order valence-electron chi connectivity index (χ1n) is 6.63. The van der Waals surface area contributed by atoms with Gasteiger partial charge in [-0.2, -0.15) is 0 Å². The van der Waals surface area contributed by atoms with Crippen LogP contribution in [-0.4, -0.2) is 42.5 Å². The van der Waals surface area contributed by atoms with E-state index in [1.54, 1.807) is 6.92 Å². The highest BCUT2D eigenvalue weighted by Crippen LogP contribution is 2.35. The largest absolute Gasteiger partial charge is 0.482 e. The number of nitrogens with two attached hydrogens (primary N) is 1. The lowest BCUT2D eigenvalue weighted by Crippen LogP contribution is -2.48. The van der Waals surface area contributed by atoms with E-state index in [1.807, 2.05) is 0 Å². The molecule has 1 aromatic carbocycles. The van der Waals surface area contributed by atoms with Crippen LogP contribution in [0.15, 0.2) is 18.2 Å². The number of nitrogens with one attached hydrogen (secondary N) is 1. The molecule has 0 aromatic heterocycles. The number of nitro benzene ring substituents is 1. The average Bonchev–Trinajstić information content (AvgIpc) is 2.49. The Kier molecular flexibility index (Phi) is 6.28. The van der Waals surface area contributed by atoms with Gasteiger partial charge in [-0.25, -0.2) is 0 Å². The smallest absolute Gasteiger partial charge is 0.271 e. The van der Waals surface area contributed by atoms with Gasteiger partial charge in [0.05, 0.1) is 10.6 Å². The molecule has 0 saturated heterocycles. The third kappa shape index (κ3) is 4.30. The zero-order valence-corrected chi connectivity index (χ0v) is 13.2. The molecule has 126 valence electrons. The molecular weight excluding hydrogens is 328 g/mol. The summed E-state index contributed by atoms with van der Waals surface area (Å²) in [5.41, 5.74) is 5.45. The molecule has 0 saturated carbocycles. The van der Waals surface area contributed by atoms with Crippen LogP contribution in [0.2, 0.25) is 0 Å². The monoisotopic (exact) mass is 344 g/mol. The summed E-state index contributed by atoms with van der Waals surface area (Å²) in [7, 11) is 0. The normalized spacial score (nSPS) is 14.2. The number of carbonyl (C=O) groups excluding carboxylic acids is 2. The second-order valence-corrected chi connectivity index (χ2v) is 4.88. The fourth-order valence-corrected chi connectivity index (χ4v) is 2.00. The van der Waals surface area contributed by atoms with Crippen LogP contribution in [0.25, 0.3) is 0 Å². The number of benzene rings is 1. The molecule has 1 aliphatic heterocycles. The van der Waals surface area contributed by atoms with E-state index in [-0.39, 0.29) is 49.5 Å². The number of rotatable bonds is 5. The molecule has 1 aliphatic rings. The quantitative estimate of drug-likeness (QED) is 0.580. The van der Waals surface area contributed by atoms with Crippen molar-refractivity contribution in [1.29, 1.82) is 0 Å². The van der Waals surface area contributed by atoms with E-state index >= 15 is 0 Å². The van der Waals surface area contributed by atoms with Crippen LogP contribution >= 0.6 is 12.4 Å². The van der Waals surface area contributed by atoms with Crippen molar-refractivity contribution in [3.63, 3.8) is 0 Å². The fourth-order valence-electron chi connectivity index (χ4n) is 2.00. The molecule has 1 heterocycles. The number of amides is 2. The van der Waals surface area contributed by atoms with Crippen LogP contribution in [0.4, 0.5) is 11.4 Å². The van der Waals surface area contributed by atoms with Gasteiger partial charge in [-0.15, -0.1) is 12.4 Å². The molecule has 0 bridgehead atoms. The van der Waals surface area contributed by atoms with E-state index in [4.69, 9.17) is 10.5 Å². The number of hydrogen-bond donors (Lipinski definition) is 2. The second-order valence-electron chi connectivity index (χ2n) is 4.88. The van der Waals surface area contributed by atoms with Crippen molar-refractivity contribution in [2.45, 2.75) is 13.0 Å². The lowest BCUT2D eigenvalue weighted by atomic mass is 10.2. The molecular formula is C13H17ClN4O5. The summed E-state index contributed by atoms with van der Waals surface area (Å²) in [5, 5.41) is 13.5. The summed E-state index contributed by atoms with van der Waals surface area (Å²) in [5.74, 6) is -0.515. The summed E-state index contributed by atoms with van der Waals surface area (Å²) < 4.78 is 5.22. The summed E-state index contributed by atoms with van der Waals surface area (Å²) in [6.45, 7) is 1.54. The summed E-state index contributed by atoms with van der Waals surface area (Å²) >= 11 is 0. The minimum absolute atomic E-state index is 0. The molecule has 0 radical (unpaired) electrons. The summed E-state index contributed by atoms with van der Waals surface area (Å²) in [4.78, 5) is 35.3. The van der Waals surface area contributed by atoms with Crippen molar-refractivity contribution in [1.82, 2.24) is 5.32 Å². The number of halogens is 1. The number of hydrogen-bond acceptors (Lipinski definition) is 6. The van der Waals surface area contributed by atoms with Gasteiger partial charge >= 0.3 is 0 Å². The number of nitrogens with zero attached hydrogens (tertiary/aromatic N) is 2. The molecule has 2 amide bonds. The average molecular weight is 345 g/mol. The van der Waals surface area contributed by atoms with Crippen molar-refractivity contribution >= 4 is 35.6 Å². The Morgan fingerprint density at radius 3 is 2.87 bits per heavy atom. The predicted octanol–water partition coefficient (Wildman–Crippen LogP) is 0.205. The molecule has 9 nitrogen and oxygen atoms in total. The van der Waals surface area contributed by atoms with Gasteiger partial charge in [0, 0.05) is 24.7 Å². The molecule has 10 heteroatoms. The fraction of sp³-hybridized carbons (Fsp3) is 0.385. The van der Waals surface area contributed by atoms with Gasteiger partial charge in [-0.1, -0.05) is 0 Å². The molecule has 23 heavy (non-hydrogen) atoms. The zero-order valence-electron chi connectivity index (χ0n) is 12.4. The molecule has 3 N–H and O–H groups in total. The van der Waals surface area contributed by atoms with Crippen LogP contribution in [0.1, 0.15) is 6.92 Å². The maximum absolute atomic E-state index is 12.0. The Labute approximate surface area is 138 Å². The van der Waals surface area contributed by atoms with E-state index in [0.717, 1.165) is 0 Å². The standard InChI is InChI=1S/C13H16N4O5.ClH/c1-8(5-14)15-12(18)6-16-10-4-9(17(20)21)2-3-11(10)22-7-13(16)19;/h2-4,8H,5-7,14H2,1H3,(H,15,18);1H/t8-;/m0./s1. The first kappa shape index (κ1) is 18.7. The number of fused-ring (bicyclic) bond motifs is 1. The van der Waals surface area contributed by atoms with Gasteiger partial charge in [0.15, 0.2) is 6.61 Å². The molecule has 1 atom stereocenters. The lowest BCUT2D eigenvalue weighted by molar-refractivity contribution is -0.384. The van der Waals surface area contributed by atoms with E-state index < -0.39 is 16.7 Å². The molecule has 0 fully saturated rings. The van der Waals surface area contributed by atoms with Crippen LogP contribution in [0, 0.1) is 10.1 Å². The van der Waals surface area contributed by atoms with Gasteiger partial charge in [-0.3, -0.25) is 24.6 Å². The predicted molar refractivity (Wildman–Crippen MR) is 84.9 cm³/mol. The highest BCUT2D eigenvalue weighted by atomic mass is 35.5. The summed E-state index contributed by atoms with van der Waals surface area (Å²) in [6.07, 6.45) is 0. The van der Waals surface area contributed by atoms with Gasteiger partial charge in [0.1, 0.15) is 12.3 Å². The second kappa shape index (κ2) is 7.75. The molecule has 0 unspecified atom stereocenters. The molecule has 1 aromatic rings. The number of anilines is 1. The first-order valence-corrected chi connectivity index (χ1v) is 6.63. The van der Waals surface area contributed by atoms with Crippen LogP contribution in [-0.2, 0) is 9.59 Å². The molecule has 0 aliphatic carbocycles. The lowest BCUT2D eigenvalue weighted by Gasteiger charge is -2.29. The maximum Gasteiger partial charge on any atom is 0.271 e. The van der Waals surface area contributed by atoms with Gasteiger partial charge in [0.25, 0.3) is 11.6 Å². The highest BCUT2D eigenvalue weighted by molar-refractivity contribution is 6.02. The zero-order chi connectivity index (χ0) is 16.3. The minimum atomic E-state index is -0.575. The minimum Gasteiger partial charge on any atom is -0.482 e. The topological polar surface area (TPSA) is 128 Å².